The molecule has 0 aliphatic carbocycles. The molecule has 0 amide bonds. The molecule has 0 spiro atoms. The molecular formula is C23H18N2O4S. The number of nitrogens with zero attached hydrogens (tertiary/aromatic N) is 2. The average Bonchev–Trinajstić information content (AvgIpc) is 3.33. The van der Waals surface area contributed by atoms with Crippen LogP contribution in [0, 0.1) is 13.8 Å². The lowest BCUT2D eigenvalue weighted by molar-refractivity contribution is 0.484. The maximum atomic E-state index is 12.6. The fourth-order valence-electron chi connectivity index (χ4n) is 3.57. The van der Waals surface area contributed by atoms with Gasteiger partial charge in [0.25, 0.3) is 0 Å². The Balaban J connectivity index is 1.83. The molecule has 0 saturated carbocycles. The number of hydrogen-bond donors (Lipinski definition) is 1. The highest BCUT2D eigenvalue weighted by Gasteiger charge is 2.21. The van der Waals surface area contributed by atoms with Gasteiger partial charge in [-0.3, -0.25) is 4.79 Å². The van der Waals surface area contributed by atoms with Gasteiger partial charge in [-0.15, -0.1) is 11.3 Å². The molecule has 150 valence electrons. The highest BCUT2D eigenvalue weighted by atomic mass is 32.1. The lowest BCUT2D eigenvalue weighted by atomic mass is 10.1. The Labute approximate surface area is 175 Å². The van der Waals surface area contributed by atoms with Gasteiger partial charge in [-0.05, 0) is 25.5 Å². The molecule has 6 nitrogen and oxygen atoms in total. The Morgan fingerprint density at radius 2 is 1.87 bits per heavy atom. The Hall–Kier alpha value is -3.58. The minimum Gasteiger partial charge on any atom is -0.506 e. The first-order chi connectivity index (χ1) is 14.4. The van der Waals surface area contributed by atoms with Gasteiger partial charge in [-0.25, -0.2) is 4.99 Å². The Kier molecular flexibility index (Phi) is 4.15. The quantitative estimate of drug-likeness (QED) is 0.429. The molecule has 30 heavy (non-hydrogen) atoms. The van der Waals surface area contributed by atoms with Crippen molar-refractivity contribution >= 4 is 39.0 Å². The molecule has 3 heterocycles. The van der Waals surface area contributed by atoms with Gasteiger partial charge in [0.15, 0.2) is 27.1 Å². The third-order valence-corrected chi connectivity index (χ3v) is 6.05. The number of thiazole rings is 1. The van der Waals surface area contributed by atoms with Crippen LogP contribution in [0.4, 0.5) is 5.69 Å². The molecule has 3 aromatic heterocycles. The summed E-state index contributed by atoms with van der Waals surface area (Å²) >= 11 is 1.47. The van der Waals surface area contributed by atoms with E-state index in [1.54, 1.807) is 13.0 Å². The van der Waals surface area contributed by atoms with E-state index in [0.29, 0.717) is 27.2 Å². The van der Waals surface area contributed by atoms with E-state index in [2.05, 4.69) is 31.2 Å². The normalized spacial score (nSPS) is 12.3. The fraction of sp³-hybridized carbons (Fsp3) is 0.130. The van der Waals surface area contributed by atoms with Gasteiger partial charge in [0.05, 0.1) is 17.3 Å². The number of phenols is 1. The standard InChI is InChI=1S/C23H18N2O4S/c1-12-4-6-14(7-5-12)16-11-30-23(25(16)3)24-19-21-15(8-9-28-21)20(27)18-17(26)10-13(2)29-22(18)19/h4-11,27H,1-3H3. The van der Waals surface area contributed by atoms with Crippen molar-refractivity contribution in [2.24, 2.45) is 12.0 Å². The highest BCUT2D eigenvalue weighted by Crippen LogP contribution is 2.41. The largest absolute Gasteiger partial charge is 0.506 e. The second-order valence-electron chi connectivity index (χ2n) is 7.23. The molecule has 0 saturated heterocycles. The van der Waals surface area contributed by atoms with Crippen molar-refractivity contribution in [1.82, 2.24) is 4.57 Å². The summed E-state index contributed by atoms with van der Waals surface area (Å²) in [6.07, 6.45) is 1.46. The summed E-state index contributed by atoms with van der Waals surface area (Å²) in [5.41, 5.74) is 3.96. The van der Waals surface area contributed by atoms with Crippen LogP contribution in [0.15, 0.2) is 66.7 Å². The van der Waals surface area contributed by atoms with Crippen LogP contribution >= 0.6 is 11.3 Å². The molecule has 7 heteroatoms. The van der Waals surface area contributed by atoms with E-state index < -0.39 is 0 Å². The van der Waals surface area contributed by atoms with E-state index in [0.717, 1.165) is 11.3 Å². The highest BCUT2D eigenvalue weighted by molar-refractivity contribution is 7.07. The molecule has 0 radical (unpaired) electrons. The molecule has 0 bridgehead atoms. The van der Waals surface area contributed by atoms with Crippen molar-refractivity contribution < 1.29 is 13.9 Å². The van der Waals surface area contributed by atoms with Gasteiger partial charge >= 0.3 is 0 Å². The third kappa shape index (κ3) is 2.78. The topological polar surface area (TPSA) is 80.9 Å². The monoisotopic (exact) mass is 418 g/mol. The van der Waals surface area contributed by atoms with Crippen LogP contribution in [0.5, 0.6) is 5.75 Å². The molecule has 5 rings (SSSR count). The van der Waals surface area contributed by atoms with Crippen LogP contribution in [-0.2, 0) is 7.05 Å². The van der Waals surface area contributed by atoms with E-state index >= 15 is 0 Å². The number of phenolic OH excluding ortho intramolecular Hbond substituents is 1. The first kappa shape index (κ1) is 18.4. The number of fused-ring (bicyclic) bond motifs is 2. The van der Waals surface area contributed by atoms with Crippen LogP contribution in [-0.4, -0.2) is 9.67 Å². The minimum atomic E-state index is -0.318. The molecule has 1 N–H and O–H groups in total. The van der Waals surface area contributed by atoms with Gasteiger partial charge < -0.3 is 18.5 Å². The summed E-state index contributed by atoms with van der Waals surface area (Å²) < 4.78 is 13.4. The average molecular weight is 418 g/mol. The van der Waals surface area contributed by atoms with E-state index in [1.165, 1.54) is 29.2 Å². The van der Waals surface area contributed by atoms with Gasteiger partial charge in [0.1, 0.15) is 16.9 Å². The van der Waals surface area contributed by atoms with Gasteiger partial charge in [-0.1, -0.05) is 29.8 Å². The number of rotatable bonds is 2. The summed E-state index contributed by atoms with van der Waals surface area (Å²) in [6, 6.07) is 11.3. The minimum absolute atomic E-state index is 0.103. The molecule has 0 aliphatic heterocycles. The van der Waals surface area contributed by atoms with E-state index in [1.807, 2.05) is 17.0 Å². The first-order valence-corrected chi connectivity index (χ1v) is 10.2. The first-order valence-electron chi connectivity index (χ1n) is 9.37. The van der Waals surface area contributed by atoms with Crippen molar-refractivity contribution in [1.29, 1.82) is 0 Å². The number of aromatic hydroxyl groups is 1. The maximum absolute atomic E-state index is 12.6. The summed E-state index contributed by atoms with van der Waals surface area (Å²) in [6.45, 7) is 3.74. The summed E-state index contributed by atoms with van der Waals surface area (Å²) in [4.78, 5) is 18.1. The molecule has 2 aromatic carbocycles. The number of aromatic nitrogens is 1. The predicted octanol–water partition coefficient (Wildman–Crippen LogP) is 5.16. The lowest BCUT2D eigenvalue weighted by Crippen LogP contribution is -2.11. The molecular weight excluding hydrogens is 400 g/mol. The predicted molar refractivity (Wildman–Crippen MR) is 117 cm³/mol. The van der Waals surface area contributed by atoms with Crippen LogP contribution in [0.2, 0.25) is 0 Å². The van der Waals surface area contributed by atoms with Gasteiger partial charge in [0, 0.05) is 18.5 Å². The van der Waals surface area contributed by atoms with Crippen LogP contribution in [0.3, 0.4) is 0 Å². The second kappa shape index (κ2) is 6.74. The molecule has 0 fully saturated rings. The molecule has 0 unspecified atom stereocenters. The lowest BCUT2D eigenvalue weighted by Gasteiger charge is -2.07. The van der Waals surface area contributed by atoms with Crippen molar-refractivity contribution in [3.63, 3.8) is 0 Å². The third-order valence-electron chi connectivity index (χ3n) is 5.14. The Morgan fingerprint density at radius 1 is 1.10 bits per heavy atom. The number of benzene rings is 2. The zero-order valence-corrected chi connectivity index (χ0v) is 17.4. The summed E-state index contributed by atoms with van der Waals surface area (Å²) in [5, 5.41) is 13.2. The van der Waals surface area contributed by atoms with Gasteiger partial charge in [-0.2, -0.15) is 0 Å². The summed E-state index contributed by atoms with van der Waals surface area (Å²) in [5.74, 6) is 0.280. The second-order valence-corrected chi connectivity index (χ2v) is 8.06. The van der Waals surface area contributed by atoms with E-state index in [9.17, 15) is 9.90 Å². The SMILES string of the molecule is Cc1ccc(-c2csc(=Nc3c4occc4c(O)c4c(=O)cc(C)oc34)n2C)cc1. The van der Waals surface area contributed by atoms with Crippen LogP contribution < -0.4 is 10.2 Å². The van der Waals surface area contributed by atoms with Crippen LogP contribution in [0.1, 0.15) is 11.3 Å². The molecule has 5 aromatic rings. The van der Waals surface area contributed by atoms with Crippen molar-refractivity contribution in [2.75, 3.05) is 0 Å². The summed E-state index contributed by atoms with van der Waals surface area (Å²) in [7, 11) is 1.94. The van der Waals surface area contributed by atoms with Crippen molar-refractivity contribution in [2.45, 2.75) is 13.8 Å². The Morgan fingerprint density at radius 3 is 2.63 bits per heavy atom. The zero-order chi connectivity index (χ0) is 21.0. The van der Waals surface area contributed by atoms with Crippen molar-refractivity contribution in [3.8, 4) is 17.0 Å². The molecule has 0 aliphatic rings. The number of furan rings is 1. The van der Waals surface area contributed by atoms with E-state index in [-0.39, 0.29) is 22.1 Å². The fourth-order valence-corrected chi connectivity index (χ4v) is 4.48. The van der Waals surface area contributed by atoms with Crippen LogP contribution in [0.25, 0.3) is 33.2 Å². The smallest absolute Gasteiger partial charge is 0.196 e. The van der Waals surface area contributed by atoms with Gasteiger partial charge in [0.2, 0.25) is 0 Å². The van der Waals surface area contributed by atoms with Crippen molar-refractivity contribution in [3.05, 3.63) is 74.4 Å². The number of aryl methyl sites for hydroxylation is 2. The maximum Gasteiger partial charge on any atom is 0.196 e. The molecule has 0 atom stereocenters. The Bertz CT molecular complexity index is 1550. The number of hydrogen-bond acceptors (Lipinski definition) is 6. The zero-order valence-electron chi connectivity index (χ0n) is 16.6. The van der Waals surface area contributed by atoms with E-state index in [4.69, 9.17) is 13.8 Å².